The molecule has 0 aliphatic carbocycles. The number of aromatic nitrogens is 1. The molecular weight excluding hydrogens is 312 g/mol. The number of thiazole rings is 1. The maximum Gasteiger partial charge on any atom is 0.367 e. The van der Waals surface area contributed by atoms with Gasteiger partial charge >= 0.3 is 5.97 Å². The van der Waals surface area contributed by atoms with Crippen LogP contribution in [0.1, 0.15) is 32.8 Å². The number of halogens is 1. The number of carbonyl (C=O) groups is 2. The minimum absolute atomic E-state index is 0.166. The van der Waals surface area contributed by atoms with E-state index in [1.165, 1.54) is 5.38 Å². The number of rotatable bonds is 5. The topological polar surface area (TPSA) is 68.3 Å². The van der Waals surface area contributed by atoms with Crippen molar-refractivity contribution in [3.05, 3.63) is 50.9 Å². The molecule has 0 radical (unpaired) electrons. The Labute approximate surface area is 130 Å². The van der Waals surface area contributed by atoms with Gasteiger partial charge in [0.1, 0.15) is 5.69 Å². The summed E-state index contributed by atoms with van der Waals surface area (Å²) in [6.45, 7) is 2.28. The van der Waals surface area contributed by atoms with Crippen LogP contribution < -0.4 is 5.32 Å². The van der Waals surface area contributed by atoms with Crippen molar-refractivity contribution in [3.8, 4) is 0 Å². The summed E-state index contributed by atoms with van der Waals surface area (Å²) in [6, 6.07) is 7.24. The summed E-state index contributed by atoms with van der Waals surface area (Å²) in [7, 11) is 0. The fourth-order valence-corrected chi connectivity index (χ4v) is 2.46. The first-order chi connectivity index (χ1) is 10.1. The average Bonchev–Trinajstić information content (AvgIpc) is 2.96. The summed E-state index contributed by atoms with van der Waals surface area (Å²) in [4.78, 5) is 27.4. The molecule has 0 atom stereocenters. The van der Waals surface area contributed by atoms with Gasteiger partial charge in [-0.3, -0.25) is 4.79 Å². The molecule has 1 heterocycles. The van der Waals surface area contributed by atoms with Crippen LogP contribution in [0.3, 0.4) is 0 Å². The maximum absolute atomic E-state index is 12.0. The molecule has 1 amide bonds. The predicted octanol–water partition coefficient (Wildman–Crippen LogP) is 2.90. The fraction of sp³-hybridized carbons (Fsp3) is 0.214. The highest BCUT2D eigenvalue weighted by Crippen LogP contribution is 2.15. The van der Waals surface area contributed by atoms with Gasteiger partial charge in [-0.1, -0.05) is 29.8 Å². The van der Waals surface area contributed by atoms with Gasteiger partial charge in [0.05, 0.1) is 6.61 Å². The van der Waals surface area contributed by atoms with Crippen molar-refractivity contribution in [2.75, 3.05) is 6.61 Å². The number of carbonyl (C=O) groups excluding carboxylic acids is 2. The van der Waals surface area contributed by atoms with Crippen LogP contribution in [0.2, 0.25) is 5.02 Å². The Morgan fingerprint density at radius 1 is 1.38 bits per heavy atom. The van der Waals surface area contributed by atoms with E-state index in [1.54, 1.807) is 13.0 Å². The van der Waals surface area contributed by atoms with Crippen LogP contribution in [0.15, 0.2) is 29.6 Å². The fourth-order valence-electron chi connectivity index (χ4n) is 1.57. The van der Waals surface area contributed by atoms with Crippen molar-refractivity contribution in [1.29, 1.82) is 0 Å². The summed E-state index contributed by atoms with van der Waals surface area (Å²) in [6.07, 6.45) is 0. The normalized spacial score (nSPS) is 10.2. The molecule has 5 nitrogen and oxygen atoms in total. The van der Waals surface area contributed by atoms with E-state index in [0.717, 1.165) is 16.9 Å². The summed E-state index contributed by atoms with van der Waals surface area (Å²) in [5, 5.41) is 4.98. The molecule has 1 aromatic heterocycles. The molecule has 0 fully saturated rings. The van der Waals surface area contributed by atoms with Gasteiger partial charge in [0.25, 0.3) is 5.91 Å². The van der Waals surface area contributed by atoms with E-state index in [0.29, 0.717) is 11.6 Å². The third-order valence-electron chi connectivity index (χ3n) is 2.58. The molecule has 2 aromatic rings. The van der Waals surface area contributed by atoms with Gasteiger partial charge in [0.2, 0.25) is 5.01 Å². The van der Waals surface area contributed by atoms with E-state index < -0.39 is 5.97 Å². The molecule has 0 saturated heterocycles. The van der Waals surface area contributed by atoms with Crippen molar-refractivity contribution in [2.24, 2.45) is 0 Å². The van der Waals surface area contributed by atoms with E-state index in [2.05, 4.69) is 10.3 Å². The highest BCUT2D eigenvalue weighted by Gasteiger charge is 2.16. The largest absolute Gasteiger partial charge is 0.461 e. The molecule has 0 bridgehead atoms. The SMILES string of the molecule is CCOC(=O)c1nc(C(=O)NCc2ccccc2Cl)cs1. The zero-order valence-electron chi connectivity index (χ0n) is 11.3. The number of amides is 1. The number of benzene rings is 1. The van der Waals surface area contributed by atoms with Crippen molar-refractivity contribution in [2.45, 2.75) is 13.5 Å². The first-order valence-corrected chi connectivity index (χ1v) is 7.51. The number of ether oxygens (including phenoxy) is 1. The van der Waals surface area contributed by atoms with E-state index in [1.807, 2.05) is 18.2 Å². The highest BCUT2D eigenvalue weighted by atomic mass is 35.5. The van der Waals surface area contributed by atoms with Crippen LogP contribution in [0.4, 0.5) is 0 Å². The third kappa shape index (κ3) is 4.03. The predicted molar refractivity (Wildman–Crippen MR) is 80.7 cm³/mol. The van der Waals surface area contributed by atoms with Crippen LogP contribution in [-0.4, -0.2) is 23.5 Å². The van der Waals surface area contributed by atoms with Gasteiger partial charge in [-0.15, -0.1) is 11.3 Å². The lowest BCUT2D eigenvalue weighted by molar-refractivity contribution is 0.0526. The van der Waals surface area contributed by atoms with E-state index >= 15 is 0 Å². The second-order valence-corrected chi connectivity index (χ2v) is 5.30. The lowest BCUT2D eigenvalue weighted by Crippen LogP contribution is -2.23. The van der Waals surface area contributed by atoms with Crippen LogP contribution in [-0.2, 0) is 11.3 Å². The van der Waals surface area contributed by atoms with Gasteiger partial charge in [-0.2, -0.15) is 0 Å². The van der Waals surface area contributed by atoms with Gasteiger partial charge in [0.15, 0.2) is 0 Å². The van der Waals surface area contributed by atoms with Gasteiger partial charge in [-0.25, -0.2) is 9.78 Å². The molecule has 1 aromatic carbocycles. The number of nitrogens with zero attached hydrogens (tertiary/aromatic N) is 1. The number of hydrogen-bond acceptors (Lipinski definition) is 5. The quantitative estimate of drug-likeness (QED) is 0.859. The first-order valence-electron chi connectivity index (χ1n) is 6.26. The Bertz CT molecular complexity index is 657. The average molecular weight is 325 g/mol. The second-order valence-electron chi connectivity index (χ2n) is 4.03. The molecule has 21 heavy (non-hydrogen) atoms. The standard InChI is InChI=1S/C14H13ClN2O3S/c1-2-20-14(19)13-17-11(8-21-13)12(18)16-7-9-5-3-4-6-10(9)15/h3-6,8H,2,7H2,1H3,(H,16,18). The zero-order chi connectivity index (χ0) is 15.2. The Balaban J connectivity index is 1.98. The smallest absolute Gasteiger partial charge is 0.367 e. The second kappa shape index (κ2) is 7.19. The molecule has 0 unspecified atom stereocenters. The summed E-state index contributed by atoms with van der Waals surface area (Å²) >= 11 is 7.09. The van der Waals surface area contributed by atoms with Crippen molar-refractivity contribution in [3.63, 3.8) is 0 Å². The lowest BCUT2D eigenvalue weighted by atomic mass is 10.2. The third-order valence-corrected chi connectivity index (χ3v) is 3.78. The molecule has 0 aliphatic heterocycles. The zero-order valence-corrected chi connectivity index (χ0v) is 12.8. The monoisotopic (exact) mass is 324 g/mol. The summed E-state index contributed by atoms with van der Waals surface area (Å²) in [5.74, 6) is -0.880. The number of hydrogen-bond donors (Lipinski definition) is 1. The van der Waals surface area contributed by atoms with E-state index in [-0.39, 0.29) is 23.2 Å². The minimum atomic E-state index is -0.521. The molecule has 110 valence electrons. The molecule has 0 spiro atoms. The summed E-state index contributed by atoms with van der Waals surface area (Å²) < 4.78 is 4.83. The number of esters is 1. The van der Waals surface area contributed by atoms with Crippen LogP contribution in [0.5, 0.6) is 0 Å². The van der Waals surface area contributed by atoms with E-state index in [9.17, 15) is 9.59 Å². The lowest BCUT2D eigenvalue weighted by Gasteiger charge is -2.05. The summed E-state index contributed by atoms with van der Waals surface area (Å²) in [5.41, 5.74) is 1.00. The first kappa shape index (κ1) is 15.5. The van der Waals surface area contributed by atoms with Crippen LogP contribution in [0.25, 0.3) is 0 Å². The maximum atomic E-state index is 12.0. The van der Waals surface area contributed by atoms with Crippen molar-refractivity contribution >= 4 is 34.8 Å². The van der Waals surface area contributed by atoms with Gasteiger partial charge < -0.3 is 10.1 Å². The molecule has 2 rings (SSSR count). The Morgan fingerprint density at radius 3 is 2.86 bits per heavy atom. The Hall–Kier alpha value is -1.92. The molecule has 0 aliphatic rings. The Morgan fingerprint density at radius 2 is 2.14 bits per heavy atom. The minimum Gasteiger partial charge on any atom is -0.461 e. The van der Waals surface area contributed by atoms with E-state index in [4.69, 9.17) is 16.3 Å². The molecule has 1 N–H and O–H groups in total. The molecule has 7 heteroatoms. The van der Waals surface area contributed by atoms with Crippen molar-refractivity contribution in [1.82, 2.24) is 10.3 Å². The van der Waals surface area contributed by atoms with Crippen molar-refractivity contribution < 1.29 is 14.3 Å². The highest BCUT2D eigenvalue weighted by molar-refractivity contribution is 7.11. The van der Waals surface area contributed by atoms with Gasteiger partial charge in [0, 0.05) is 16.9 Å². The van der Waals surface area contributed by atoms with Crippen LogP contribution >= 0.6 is 22.9 Å². The Kier molecular flexibility index (Phi) is 5.30. The molecular formula is C14H13ClN2O3S. The number of nitrogens with one attached hydrogen (secondary N) is 1. The van der Waals surface area contributed by atoms with Gasteiger partial charge in [-0.05, 0) is 18.6 Å². The van der Waals surface area contributed by atoms with Crippen LogP contribution in [0, 0.1) is 0 Å². The molecule has 0 saturated carbocycles.